The fourth-order valence-corrected chi connectivity index (χ4v) is 4.73. The van der Waals surface area contributed by atoms with E-state index in [0.29, 0.717) is 10.6 Å². The highest BCUT2D eigenvalue weighted by Gasteiger charge is 2.24. The number of nitrogens with zero attached hydrogens (tertiary/aromatic N) is 3. The fourth-order valence-electron chi connectivity index (χ4n) is 2.62. The molecule has 1 N–H and O–H groups in total. The number of halogens is 1. The van der Waals surface area contributed by atoms with Gasteiger partial charge >= 0.3 is 0 Å². The molecule has 0 spiro atoms. The largest absolute Gasteiger partial charge is 0.311 e. The van der Waals surface area contributed by atoms with Crippen molar-refractivity contribution in [1.82, 2.24) is 9.97 Å². The molecule has 7 nitrogen and oxygen atoms in total. The zero-order chi connectivity index (χ0) is 18.2. The third kappa shape index (κ3) is 3.58. The van der Waals surface area contributed by atoms with Crippen LogP contribution in [0.3, 0.4) is 0 Å². The van der Waals surface area contributed by atoms with Crippen molar-refractivity contribution >= 4 is 48.0 Å². The van der Waals surface area contributed by atoms with E-state index in [1.807, 2.05) is 0 Å². The second kappa shape index (κ2) is 6.82. The first-order chi connectivity index (χ1) is 11.8. The van der Waals surface area contributed by atoms with Crippen LogP contribution in [-0.4, -0.2) is 30.5 Å². The molecular formula is C15H13BrN4O3S2. The minimum absolute atomic E-state index is 0.0920. The molecule has 3 rings (SSSR count). The normalized spacial score (nSPS) is 13.8. The predicted octanol–water partition coefficient (Wildman–Crippen LogP) is 2.71. The number of nitriles is 1. The van der Waals surface area contributed by atoms with Gasteiger partial charge in [0, 0.05) is 17.3 Å². The summed E-state index contributed by atoms with van der Waals surface area (Å²) >= 11 is 4.56. The highest BCUT2D eigenvalue weighted by atomic mass is 79.9. The minimum atomic E-state index is -3.64. The highest BCUT2D eigenvalue weighted by Crippen LogP contribution is 2.37. The number of aromatic nitrogens is 2. The van der Waals surface area contributed by atoms with Crippen LogP contribution in [-0.2, 0) is 22.7 Å². The summed E-state index contributed by atoms with van der Waals surface area (Å²) in [4.78, 5) is 21.2. The molecule has 0 saturated carbocycles. The van der Waals surface area contributed by atoms with Crippen LogP contribution in [0.15, 0.2) is 15.8 Å². The topological polar surface area (TPSA) is 113 Å². The average Bonchev–Trinajstić information content (AvgIpc) is 2.90. The van der Waals surface area contributed by atoms with Crippen LogP contribution in [0.1, 0.15) is 39.3 Å². The van der Waals surface area contributed by atoms with Gasteiger partial charge in [-0.1, -0.05) is 0 Å². The van der Waals surface area contributed by atoms with E-state index in [0.717, 1.165) is 42.4 Å². The third-order valence-electron chi connectivity index (χ3n) is 3.78. The first-order valence-electron chi connectivity index (χ1n) is 7.40. The lowest BCUT2D eigenvalue weighted by Gasteiger charge is -2.09. The van der Waals surface area contributed by atoms with Crippen molar-refractivity contribution in [2.45, 2.75) is 30.8 Å². The number of amides is 1. The molecule has 0 unspecified atom stereocenters. The van der Waals surface area contributed by atoms with Crippen molar-refractivity contribution in [2.75, 3.05) is 11.6 Å². The Kier molecular flexibility index (Phi) is 4.90. The van der Waals surface area contributed by atoms with Gasteiger partial charge in [0.1, 0.15) is 16.8 Å². The van der Waals surface area contributed by atoms with Gasteiger partial charge < -0.3 is 5.32 Å². The number of hydrogen-bond donors (Lipinski definition) is 1. The van der Waals surface area contributed by atoms with Gasteiger partial charge in [-0.05, 0) is 47.2 Å². The molecule has 0 saturated heterocycles. The summed E-state index contributed by atoms with van der Waals surface area (Å²) in [5.74, 6) is -0.589. The third-order valence-corrected chi connectivity index (χ3v) is 6.43. The molecule has 0 radical (unpaired) electrons. The SMILES string of the molecule is CS(=O)(=O)c1ncc(Br)c(C(=O)Nc2sc3c(c2C#N)CCCC3)n1. The van der Waals surface area contributed by atoms with Gasteiger partial charge in [0.05, 0.1) is 10.0 Å². The maximum atomic E-state index is 12.6. The monoisotopic (exact) mass is 440 g/mol. The summed E-state index contributed by atoms with van der Waals surface area (Å²) in [6, 6.07) is 2.17. The van der Waals surface area contributed by atoms with Crippen LogP contribution >= 0.6 is 27.3 Å². The second-order valence-electron chi connectivity index (χ2n) is 5.60. The predicted molar refractivity (Wildman–Crippen MR) is 96.5 cm³/mol. The molecule has 2 aromatic heterocycles. The zero-order valence-corrected chi connectivity index (χ0v) is 16.4. The Morgan fingerprint density at radius 1 is 1.40 bits per heavy atom. The number of hydrogen-bond acceptors (Lipinski definition) is 7. The van der Waals surface area contributed by atoms with E-state index < -0.39 is 20.9 Å². The number of carbonyl (C=O) groups is 1. The van der Waals surface area contributed by atoms with E-state index in [1.54, 1.807) is 0 Å². The molecule has 0 aliphatic heterocycles. The van der Waals surface area contributed by atoms with Crippen molar-refractivity contribution in [2.24, 2.45) is 0 Å². The van der Waals surface area contributed by atoms with E-state index in [-0.39, 0.29) is 10.2 Å². The molecular weight excluding hydrogens is 428 g/mol. The highest BCUT2D eigenvalue weighted by molar-refractivity contribution is 9.10. The molecule has 0 atom stereocenters. The van der Waals surface area contributed by atoms with Crippen LogP contribution in [0, 0.1) is 11.3 Å². The van der Waals surface area contributed by atoms with E-state index >= 15 is 0 Å². The molecule has 130 valence electrons. The molecule has 1 aliphatic carbocycles. The van der Waals surface area contributed by atoms with Gasteiger partial charge in [-0.2, -0.15) is 5.26 Å². The lowest BCUT2D eigenvalue weighted by molar-refractivity contribution is 0.102. The molecule has 1 aliphatic rings. The molecule has 2 heterocycles. The summed E-state index contributed by atoms with van der Waals surface area (Å²) in [6.45, 7) is 0. The summed E-state index contributed by atoms with van der Waals surface area (Å²) < 4.78 is 23.5. The summed E-state index contributed by atoms with van der Waals surface area (Å²) in [6.07, 6.45) is 6.03. The number of nitrogens with one attached hydrogen (secondary N) is 1. The van der Waals surface area contributed by atoms with Gasteiger partial charge in [0.2, 0.25) is 15.0 Å². The Morgan fingerprint density at radius 3 is 2.80 bits per heavy atom. The summed E-state index contributed by atoms with van der Waals surface area (Å²) in [7, 11) is -3.64. The Bertz CT molecular complexity index is 1010. The lowest BCUT2D eigenvalue weighted by atomic mass is 9.96. The van der Waals surface area contributed by atoms with Crippen molar-refractivity contribution < 1.29 is 13.2 Å². The van der Waals surface area contributed by atoms with Gasteiger partial charge in [-0.3, -0.25) is 4.79 Å². The van der Waals surface area contributed by atoms with Gasteiger partial charge in [0.25, 0.3) is 5.91 Å². The number of thiophene rings is 1. The van der Waals surface area contributed by atoms with Crippen LogP contribution in [0.2, 0.25) is 0 Å². The lowest BCUT2D eigenvalue weighted by Crippen LogP contribution is -2.17. The molecule has 1 amide bonds. The maximum absolute atomic E-state index is 12.6. The van der Waals surface area contributed by atoms with E-state index in [9.17, 15) is 18.5 Å². The number of carbonyl (C=O) groups excluding carboxylic acids is 1. The number of aryl methyl sites for hydroxylation is 1. The molecule has 0 aromatic carbocycles. The van der Waals surface area contributed by atoms with Gasteiger partial charge in [-0.25, -0.2) is 18.4 Å². The molecule has 25 heavy (non-hydrogen) atoms. The fraction of sp³-hybridized carbons (Fsp3) is 0.333. The number of sulfone groups is 1. The Balaban J connectivity index is 1.96. The molecule has 2 aromatic rings. The zero-order valence-electron chi connectivity index (χ0n) is 13.2. The van der Waals surface area contributed by atoms with Crippen molar-refractivity contribution in [3.05, 3.63) is 32.4 Å². The van der Waals surface area contributed by atoms with E-state index in [1.165, 1.54) is 17.5 Å². The molecule has 0 fully saturated rings. The van der Waals surface area contributed by atoms with E-state index in [2.05, 4.69) is 37.3 Å². The average molecular weight is 441 g/mol. The van der Waals surface area contributed by atoms with Crippen LogP contribution < -0.4 is 5.32 Å². The Hall–Kier alpha value is -1.83. The van der Waals surface area contributed by atoms with Crippen molar-refractivity contribution in [1.29, 1.82) is 5.26 Å². The van der Waals surface area contributed by atoms with Crippen LogP contribution in [0.5, 0.6) is 0 Å². The quantitative estimate of drug-likeness (QED) is 0.733. The number of anilines is 1. The van der Waals surface area contributed by atoms with Crippen molar-refractivity contribution in [3.63, 3.8) is 0 Å². The van der Waals surface area contributed by atoms with E-state index in [4.69, 9.17) is 0 Å². The molecule has 10 heteroatoms. The molecule has 0 bridgehead atoms. The van der Waals surface area contributed by atoms with Crippen LogP contribution in [0.4, 0.5) is 5.00 Å². The second-order valence-corrected chi connectivity index (χ2v) is 9.47. The summed E-state index contributed by atoms with van der Waals surface area (Å²) in [5, 5.41) is 12.2. The standard InChI is InChI=1S/C15H13BrN4O3S2/c1-25(22,23)15-18-7-10(16)12(19-15)13(21)20-14-9(6-17)8-4-2-3-5-11(8)24-14/h7H,2-5H2,1H3,(H,20,21). The smallest absolute Gasteiger partial charge is 0.276 e. The minimum Gasteiger partial charge on any atom is -0.311 e. The van der Waals surface area contributed by atoms with Crippen molar-refractivity contribution in [3.8, 4) is 6.07 Å². The Labute approximate surface area is 157 Å². The number of fused-ring (bicyclic) bond motifs is 1. The van der Waals surface area contributed by atoms with Gasteiger partial charge in [0.15, 0.2) is 0 Å². The maximum Gasteiger partial charge on any atom is 0.276 e. The first kappa shape index (κ1) is 18.0. The first-order valence-corrected chi connectivity index (χ1v) is 10.9. The summed E-state index contributed by atoms with van der Waals surface area (Å²) in [5.41, 5.74) is 1.40. The van der Waals surface area contributed by atoms with Gasteiger partial charge in [-0.15, -0.1) is 11.3 Å². The number of rotatable bonds is 3. The Morgan fingerprint density at radius 2 is 2.12 bits per heavy atom. The van der Waals surface area contributed by atoms with Crippen LogP contribution in [0.25, 0.3) is 0 Å².